The number of rotatable bonds is 7. The van der Waals surface area contributed by atoms with Gasteiger partial charge in [0.15, 0.2) is 0 Å². The number of likely N-dealkylation sites (tertiary alicyclic amines) is 2. The van der Waals surface area contributed by atoms with Crippen molar-refractivity contribution in [3.8, 4) is 5.75 Å². The summed E-state index contributed by atoms with van der Waals surface area (Å²) in [6.07, 6.45) is 3.21. The summed E-state index contributed by atoms with van der Waals surface area (Å²) in [5, 5.41) is 10.6. The van der Waals surface area contributed by atoms with Crippen LogP contribution in [0.3, 0.4) is 0 Å². The third-order valence-electron chi connectivity index (χ3n) is 7.51. The summed E-state index contributed by atoms with van der Waals surface area (Å²) in [6, 6.07) is 13.6. The molecule has 0 saturated carbocycles. The Morgan fingerprint density at radius 1 is 1.03 bits per heavy atom. The van der Waals surface area contributed by atoms with E-state index in [0.29, 0.717) is 58.5 Å². The SMILES string of the molecule is Cc1cc(OC[C@@]2(CC(=O)N3CCC(O)CC3)CCCN(C(=O)Cc3ccccc3)C2)cc(C)c1Cl. The third kappa shape index (κ3) is 6.60. The van der Waals surface area contributed by atoms with Crippen molar-refractivity contribution in [2.24, 2.45) is 5.41 Å². The summed E-state index contributed by atoms with van der Waals surface area (Å²) >= 11 is 6.34. The molecule has 1 N–H and O–H groups in total. The molecule has 4 rings (SSSR count). The monoisotopic (exact) mass is 512 g/mol. The lowest BCUT2D eigenvalue weighted by Gasteiger charge is -2.43. The first-order chi connectivity index (χ1) is 17.2. The maximum atomic E-state index is 13.4. The number of ether oxygens (including phenoxy) is 1. The summed E-state index contributed by atoms with van der Waals surface area (Å²) in [4.78, 5) is 30.4. The van der Waals surface area contributed by atoms with Gasteiger partial charge in [-0.2, -0.15) is 0 Å². The number of aliphatic hydroxyl groups excluding tert-OH is 1. The molecule has 2 aromatic rings. The number of halogens is 1. The summed E-state index contributed by atoms with van der Waals surface area (Å²) in [5.41, 5.74) is 2.42. The first-order valence-electron chi connectivity index (χ1n) is 12.9. The Bertz CT molecular complexity index is 1050. The predicted octanol–water partition coefficient (Wildman–Crippen LogP) is 4.56. The van der Waals surface area contributed by atoms with Gasteiger partial charge in [-0.15, -0.1) is 0 Å². The predicted molar refractivity (Wildman–Crippen MR) is 141 cm³/mol. The van der Waals surface area contributed by atoms with Gasteiger partial charge in [0.25, 0.3) is 0 Å². The van der Waals surface area contributed by atoms with E-state index in [9.17, 15) is 14.7 Å². The van der Waals surface area contributed by atoms with Crippen LogP contribution in [0.2, 0.25) is 5.02 Å². The van der Waals surface area contributed by atoms with Crippen molar-refractivity contribution in [3.63, 3.8) is 0 Å². The molecule has 1 atom stereocenters. The molecule has 2 amide bonds. The molecule has 0 aliphatic carbocycles. The molecule has 2 aliphatic rings. The minimum absolute atomic E-state index is 0.0753. The number of aliphatic hydroxyl groups is 1. The van der Waals surface area contributed by atoms with E-state index in [1.54, 1.807) is 0 Å². The largest absolute Gasteiger partial charge is 0.493 e. The summed E-state index contributed by atoms with van der Waals surface area (Å²) in [5.74, 6) is 0.887. The van der Waals surface area contributed by atoms with Crippen molar-refractivity contribution < 1.29 is 19.4 Å². The molecule has 0 radical (unpaired) electrons. The van der Waals surface area contributed by atoms with Crippen molar-refractivity contribution in [2.75, 3.05) is 32.8 Å². The smallest absolute Gasteiger partial charge is 0.227 e. The van der Waals surface area contributed by atoms with Crippen LogP contribution < -0.4 is 4.74 Å². The number of hydrogen-bond donors (Lipinski definition) is 1. The van der Waals surface area contributed by atoms with Crippen LogP contribution in [-0.4, -0.2) is 65.6 Å². The topological polar surface area (TPSA) is 70.1 Å². The molecule has 2 saturated heterocycles. The molecule has 194 valence electrons. The molecule has 0 spiro atoms. The van der Waals surface area contributed by atoms with E-state index in [2.05, 4.69) is 0 Å². The second kappa shape index (κ2) is 11.7. The molecular formula is C29H37ClN2O4. The van der Waals surface area contributed by atoms with Crippen LogP contribution in [0.25, 0.3) is 0 Å². The summed E-state index contributed by atoms with van der Waals surface area (Å²) in [7, 11) is 0. The van der Waals surface area contributed by atoms with E-state index in [1.165, 1.54) is 0 Å². The minimum atomic E-state index is -0.473. The highest BCUT2D eigenvalue weighted by Crippen LogP contribution is 2.36. The maximum Gasteiger partial charge on any atom is 0.227 e. The second-order valence-corrected chi connectivity index (χ2v) is 10.9. The standard InChI is InChI=1S/C29H37ClN2O4/c1-21-15-25(16-22(2)28(21)30)36-20-29(18-27(35)31-13-9-24(33)10-14-31)11-6-12-32(19-29)26(34)17-23-7-4-3-5-8-23/h3-5,7-8,15-16,24,33H,6,9-14,17-20H2,1-2H3/t29-/m1/s1. The minimum Gasteiger partial charge on any atom is -0.493 e. The Morgan fingerprint density at radius 2 is 1.69 bits per heavy atom. The zero-order valence-electron chi connectivity index (χ0n) is 21.3. The third-order valence-corrected chi connectivity index (χ3v) is 8.11. The molecule has 36 heavy (non-hydrogen) atoms. The van der Waals surface area contributed by atoms with E-state index in [4.69, 9.17) is 16.3 Å². The van der Waals surface area contributed by atoms with Gasteiger partial charge in [0, 0.05) is 43.0 Å². The van der Waals surface area contributed by atoms with Gasteiger partial charge in [0.1, 0.15) is 5.75 Å². The fraction of sp³-hybridized carbons (Fsp3) is 0.517. The molecule has 6 nitrogen and oxygen atoms in total. The number of benzene rings is 2. The quantitative estimate of drug-likeness (QED) is 0.590. The average Bonchev–Trinajstić information content (AvgIpc) is 2.87. The number of carbonyl (C=O) groups is 2. The number of amides is 2. The van der Waals surface area contributed by atoms with Crippen molar-refractivity contribution >= 4 is 23.4 Å². The number of hydrogen-bond acceptors (Lipinski definition) is 4. The van der Waals surface area contributed by atoms with E-state index < -0.39 is 5.41 Å². The van der Waals surface area contributed by atoms with Crippen LogP contribution >= 0.6 is 11.6 Å². The van der Waals surface area contributed by atoms with E-state index in [1.807, 2.05) is 66.1 Å². The van der Waals surface area contributed by atoms with Crippen LogP contribution in [0, 0.1) is 19.3 Å². The molecular weight excluding hydrogens is 476 g/mol. The molecule has 0 aromatic heterocycles. The number of aryl methyl sites for hydroxylation is 2. The Balaban J connectivity index is 1.51. The van der Waals surface area contributed by atoms with E-state index >= 15 is 0 Å². The first kappa shape index (κ1) is 26.5. The second-order valence-electron chi connectivity index (χ2n) is 10.5. The molecule has 0 bridgehead atoms. The van der Waals surface area contributed by atoms with Crippen molar-refractivity contribution in [2.45, 2.75) is 58.5 Å². The van der Waals surface area contributed by atoms with Crippen LogP contribution in [-0.2, 0) is 16.0 Å². The van der Waals surface area contributed by atoms with Gasteiger partial charge in [-0.1, -0.05) is 41.9 Å². The van der Waals surface area contributed by atoms with Gasteiger partial charge in [-0.05, 0) is 68.4 Å². The van der Waals surface area contributed by atoms with Gasteiger partial charge >= 0.3 is 0 Å². The van der Waals surface area contributed by atoms with Crippen molar-refractivity contribution in [1.29, 1.82) is 0 Å². The molecule has 2 fully saturated rings. The van der Waals surface area contributed by atoms with Crippen LogP contribution in [0.5, 0.6) is 5.75 Å². The van der Waals surface area contributed by atoms with Gasteiger partial charge < -0.3 is 19.6 Å². The van der Waals surface area contributed by atoms with Crippen LogP contribution in [0.1, 0.15) is 48.8 Å². The average molecular weight is 513 g/mol. The zero-order valence-corrected chi connectivity index (χ0v) is 22.1. The normalized spacial score (nSPS) is 20.9. The van der Waals surface area contributed by atoms with Crippen molar-refractivity contribution in [3.05, 3.63) is 64.2 Å². The Hall–Kier alpha value is -2.57. The van der Waals surface area contributed by atoms with Crippen LogP contribution in [0.4, 0.5) is 0 Å². The number of piperidine rings is 2. The Morgan fingerprint density at radius 3 is 2.36 bits per heavy atom. The van der Waals surface area contributed by atoms with Gasteiger partial charge in [0.05, 0.1) is 19.1 Å². The molecule has 2 aromatic carbocycles. The Labute approximate surface area is 219 Å². The fourth-order valence-electron chi connectivity index (χ4n) is 5.39. The summed E-state index contributed by atoms with van der Waals surface area (Å²) < 4.78 is 6.31. The Kier molecular flexibility index (Phi) is 8.58. The zero-order chi connectivity index (χ0) is 25.7. The van der Waals surface area contributed by atoms with Gasteiger partial charge in [-0.3, -0.25) is 9.59 Å². The lowest BCUT2D eigenvalue weighted by Crippen LogP contribution is -2.52. The van der Waals surface area contributed by atoms with Gasteiger partial charge in [0.2, 0.25) is 11.8 Å². The number of nitrogens with zero attached hydrogens (tertiary/aromatic N) is 2. The first-order valence-corrected chi connectivity index (χ1v) is 13.3. The summed E-state index contributed by atoms with van der Waals surface area (Å²) in [6.45, 7) is 6.59. The maximum absolute atomic E-state index is 13.4. The fourth-order valence-corrected chi connectivity index (χ4v) is 5.50. The van der Waals surface area contributed by atoms with Gasteiger partial charge in [-0.25, -0.2) is 0 Å². The lowest BCUT2D eigenvalue weighted by atomic mass is 9.77. The van der Waals surface area contributed by atoms with Crippen molar-refractivity contribution in [1.82, 2.24) is 9.80 Å². The van der Waals surface area contributed by atoms with E-state index in [0.717, 1.165) is 40.3 Å². The molecule has 2 aliphatic heterocycles. The highest BCUT2D eigenvalue weighted by molar-refractivity contribution is 6.32. The highest BCUT2D eigenvalue weighted by atomic mass is 35.5. The van der Waals surface area contributed by atoms with E-state index in [-0.39, 0.29) is 17.9 Å². The lowest BCUT2D eigenvalue weighted by molar-refractivity contribution is -0.142. The molecule has 0 unspecified atom stereocenters. The molecule has 2 heterocycles. The highest BCUT2D eigenvalue weighted by Gasteiger charge is 2.41. The number of carbonyl (C=O) groups excluding carboxylic acids is 2. The molecule has 7 heteroatoms. The van der Waals surface area contributed by atoms with Crippen LogP contribution in [0.15, 0.2) is 42.5 Å².